The second-order valence-electron chi connectivity index (χ2n) is 7.45. The Kier molecular flexibility index (Phi) is 4.35. The number of fused-ring (bicyclic) bond motifs is 1. The zero-order valence-corrected chi connectivity index (χ0v) is 16.3. The summed E-state index contributed by atoms with van der Waals surface area (Å²) in [7, 11) is 1.82. The summed E-state index contributed by atoms with van der Waals surface area (Å²) in [6.07, 6.45) is 5.20. The van der Waals surface area contributed by atoms with Crippen molar-refractivity contribution in [2.24, 2.45) is 12.0 Å². The summed E-state index contributed by atoms with van der Waals surface area (Å²) in [6, 6.07) is 5.38. The van der Waals surface area contributed by atoms with Gasteiger partial charge in [-0.25, -0.2) is 14.4 Å². The van der Waals surface area contributed by atoms with Gasteiger partial charge in [0.2, 0.25) is 0 Å². The van der Waals surface area contributed by atoms with E-state index in [2.05, 4.69) is 31.9 Å². The van der Waals surface area contributed by atoms with Gasteiger partial charge in [-0.1, -0.05) is 0 Å². The molecule has 0 saturated carbocycles. The summed E-state index contributed by atoms with van der Waals surface area (Å²) in [4.78, 5) is 15.7. The number of aliphatic imine (C=N–C) groups is 1. The quantitative estimate of drug-likeness (QED) is 0.685. The van der Waals surface area contributed by atoms with Gasteiger partial charge < -0.3 is 9.64 Å². The second-order valence-corrected chi connectivity index (χ2v) is 7.45. The van der Waals surface area contributed by atoms with Gasteiger partial charge in [0.25, 0.3) is 0 Å². The van der Waals surface area contributed by atoms with Crippen molar-refractivity contribution in [3.63, 3.8) is 0 Å². The molecule has 3 aromatic rings. The third-order valence-corrected chi connectivity index (χ3v) is 5.33. The van der Waals surface area contributed by atoms with Gasteiger partial charge in [-0.3, -0.25) is 9.67 Å². The minimum Gasteiger partial charge on any atom is -0.375 e. The predicted octanol–water partition coefficient (Wildman–Crippen LogP) is 2.59. The Balaban J connectivity index is 1.51. The Labute approximate surface area is 167 Å². The van der Waals surface area contributed by atoms with Crippen LogP contribution in [0.3, 0.4) is 0 Å². The highest BCUT2D eigenvalue weighted by Gasteiger charge is 2.24. The molecule has 0 spiro atoms. The topological polar surface area (TPSA) is 68.4 Å². The van der Waals surface area contributed by atoms with Crippen LogP contribution in [0.25, 0.3) is 11.1 Å². The lowest BCUT2D eigenvalue weighted by atomic mass is 9.97. The fraction of sp³-hybridized carbons (Fsp3) is 0.333. The molecule has 2 aliphatic rings. The molecule has 0 N–H and O–H groups in total. The van der Waals surface area contributed by atoms with Crippen LogP contribution in [0, 0.1) is 5.82 Å². The van der Waals surface area contributed by atoms with Crippen LogP contribution in [0.1, 0.15) is 23.7 Å². The van der Waals surface area contributed by atoms with Crippen molar-refractivity contribution < 1.29 is 9.13 Å². The minimum atomic E-state index is -0.265. The van der Waals surface area contributed by atoms with Crippen LogP contribution in [0.15, 0.2) is 41.9 Å². The summed E-state index contributed by atoms with van der Waals surface area (Å²) in [6.45, 7) is 4.76. The monoisotopic (exact) mass is 392 g/mol. The molecular weight excluding hydrogens is 371 g/mol. The number of halogens is 1. The molecule has 0 unspecified atom stereocenters. The molecule has 1 saturated heterocycles. The first-order chi connectivity index (χ1) is 14.1. The van der Waals surface area contributed by atoms with E-state index in [-0.39, 0.29) is 11.9 Å². The molecular formula is C21H21FN6O. The largest absolute Gasteiger partial charge is 0.375 e. The molecule has 4 heterocycles. The number of benzene rings is 1. The average Bonchev–Trinajstić information content (AvgIpc) is 3.33. The molecule has 8 heteroatoms. The van der Waals surface area contributed by atoms with E-state index in [9.17, 15) is 4.39 Å². The standard InChI is InChI=1S/C21H21FN6O/c1-13-10-28(3-4-29-13)20-7-19(24-12-25-20)21-17-6-16(15-9-26-27(2)11-15)18(22)5-14(17)8-23-21/h5-7,9,11-13H,3-4,8,10H2,1-2H3/t13-/m0/s1. The Morgan fingerprint density at radius 2 is 2.07 bits per heavy atom. The van der Waals surface area contributed by atoms with Gasteiger partial charge in [0, 0.05) is 49.1 Å². The molecule has 1 atom stereocenters. The average molecular weight is 392 g/mol. The smallest absolute Gasteiger partial charge is 0.132 e. The maximum absolute atomic E-state index is 14.7. The van der Waals surface area contributed by atoms with Crippen molar-refractivity contribution in [2.75, 3.05) is 24.6 Å². The fourth-order valence-corrected chi connectivity index (χ4v) is 3.89. The van der Waals surface area contributed by atoms with E-state index < -0.39 is 0 Å². The van der Waals surface area contributed by atoms with E-state index in [1.165, 1.54) is 0 Å². The molecule has 2 aromatic heterocycles. The Bertz CT molecular complexity index is 1110. The summed E-state index contributed by atoms with van der Waals surface area (Å²) >= 11 is 0. The predicted molar refractivity (Wildman–Crippen MR) is 108 cm³/mol. The molecule has 0 aliphatic carbocycles. The lowest BCUT2D eigenvalue weighted by Gasteiger charge is -2.32. The third-order valence-electron chi connectivity index (χ3n) is 5.33. The maximum atomic E-state index is 14.7. The van der Waals surface area contributed by atoms with Gasteiger partial charge in [-0.15, -0.1) is 0 Å². The highest BCUT2D eigenvalue weighted by molar-refractivity contribution is 6.14. The normalized spacial score (nSPS) is 18.7. The fourth-order valence-electron chi connectivity index (χ4n) is 3.89. The van der Waals surface area contributed by atoms with Crippen LogP contribution < -0.4 is 4.90 Å². The first kappa shape index (κ1) is 17.9. The van der Waals surface area contributed by atoms with E-state index in [4.69, 9.17) is 4.74 Å². The summed E-state index contributed by atoms with van der Waals surface area (Å²) < 4.78 is 22.0. The molecule has 0 amide bonds. The summed E-state index contributed by atoms with van der Waals surface area (Å²) in [5.41, 5.74) is 4.55. The number of aromatic nitrogens is 4. The van der Waals surface area contributed by atoms with Crippen LogP contribution in [0.4, 0.5) is 10.2 Å². The van der Waals surface area contributed by atoms with Gasteiger partial charge in [0.1, 0.15) is 18.0 Å². The summed E-state index contributed by atoms with van der Waals surface area (Å²) in [5, 5.41) is 4.16. The van der Waals surface area contributed by atoms with Crippen molar-refractivity contribution in [1.29, 1.82) is 0 Å². The molecule has 29 heavy (non-hydrogen) atoms. The van der Waals surface area contributed by atoms with Crippen molar-refractivity contribution in [1.82, 2.24) is 19.7 Å². The maximum Gasteiger partial charge on any atom is 0.132 e. The number of ether oxygens (including phenoxy) is 1. The third kappa shape index (κ3) is 3.29. The molecule has 5 rings (SSSR count). The number of rotatable bonds is 3. The number of anilines is 1. The van der Waals surface area contributed by atoms with Crippen molar-refractivity contribution in [3.8, 4) is 11.1 Å². The molecule has 1 aromatic carbocycles. The molecule has 1 fully saturated rings. The van der Waals surface area contributed by atoms with Gasteiger partial charge >= 0.3 is 0 Å². The molecule has 0 bridgehead atoms. The van der Waals surface area contributed by atoms with Gasteiger partial charge in [-0.2, -0.15) is 5.10 Å². The highest BCUT2D eigenvalue weighted by Crippen LogP contribution is 2.31. The second kappa shape index (κ2) is 7.04. The number of aryl methyl sites for hydroxylation is 1. The zero-order valence-electron chi connectivity index (χ0n) is 16.3. The van der Waals surface area contributed by atoms with E-state index in [0.717, 1.165) is 47.0 Å². The van der Waals surface area contributed by atoms with Crippen LogP contribution in [0.2, 0.25) is 0 Å². The van der Waals surface area contributed by atoms with Gasteiger partial charge in [-0.05, 0) is 24.6 Å². The zero-order chi connectivity index (χ0) is 20.0. The Hall–Kier alpha value is -3.13. The van der Waals surface area contributed by atoms with Crippen molar-refractivity contribution in [3.05, 3.63) is 59.6 Å². The first-order valence-corrected chi connectivity index (χ1v) is 9.64. The summed E-state index contributed by atoms with van der Waals surface area (Å²) in [5.74, 6) is 0.592. The van der Waals surface area contributed by atoms with Crippen LogP contribution in [-0.2, 0) is 18.3 Å². The molecule has 148 valence electrons. The van der Waals surface area contributed by atoms with Crippen LogP contribution in [0.5, 0.6) is 0 Å². The highest BCUT2D eigenvalue weighted by atomic mass is 19.1. The molecule has 0 radical (unpaired) electrons. The lowest BCUT2D eigenvalue weighted by molar-refractivity contribution is 0.0529. The number of hydrogen-bond donors (Lipinski definition) is 0. The van der Waals surface area contributed by atoms with E-state index in [0.29, 0.717) is 18.7 Å². The number of hydrogen-bond acceptors (Lipinski definition) is 6. The lowest BCUT2D eigenvalue weighted by Crippen LogP contribution is -2.41. The van der Waals surface area contributed by atoms with Crippen molar-refractivity contribution >= 4 is 11.5 Å². The van der Waals surface area contributed by atoms with E-state index >= 15 is 0 Å². The molecule has 7 nitrogen and oxygen atoms in total. The van der Waals surface area contributed by atoms with E-state index in [1.54, 1.807) is 29.5 Å². The first-order valence-electron chi connectivity index (χ1n) is 9.64. The Morgan fingerprint density at radius 3 is 2.86 bits per heavy atom. The van der Waals surface area contributed by atoms with Gasteiger partial charge in [0.05, 0.1) is 36.9 Å². The number of nitrogens with zero attached hydrogens (tertiary/aromatic N) is 6. The minimum absolute atomic E-state index is 0.164. The van der Waals surface area contributed by atoms with E-state index in [1.807, 2.05) is 19.2 Å². The van der Waals surface area contributed by atoms with Crippen LogP contribution in [-0.4, -0.2) is 51.3 Å². The Morgan fingerprint density at radius 1 is 1.17 bits per heavy atom. The van der Waals surface area contributed by atoms with Crippen LogP contribution >= 0.6 is 0 Å². The van der Waals surface area contributed by atoms with Crippen molar-refractivity contribution in [2.45, 2.75) is 19.6 Å². The number of morpholine rings is 1. The SMILES string of the molecule is C[C@H]1CN(c2cc(C3=NCc4cc(F)c(-c5cnn(C)c5)cc43)ncn2)CCO1. The van der Waals surface area contributed by atoms with Gasteiger partial charge in [0.15, 0.2) is 0 Å². The molecule has 2 aliphatic heterocycles.